The first-order valence-electron chi connectivity index (χ1n) is 8.41. The molecule has 4 heteroatoms. The van der Waals surface area contributed by atoms with Crippen LogP contribution in [0.25, 0.3) is 21.5 Å². The van der Waals surface area contributed by atoms with Gasteiger partial charge >= 0.3 is 0 Å². The number of aliphatic imine (C=N–C) groups is 1. The highest BCUT2D eigenvalue weighted by Gasteiger charge is 2.06. The molecule has 24 heavy (non-hydrogen) atoms. The van der Waals surface area contributed by atoms with E-state index in [1.165, 1.54) is 27.1 Å². The molecule has 0 aliphatic heterocycles. The fourth-order valence-electron chi connectivity index (χ4n) is 3.08. The molecule has 4 nitrogen and oxygen atoms in total. The first kappa shape index (κ1) is 16.3. The summed E-state index contributed by atoms with van der Waals surface area (Å²) in [5, 5.41) is 8.79. The molecule has 0 saturated heterocycles. The number of hydrogen-bond donors (Lipinski definition) is 3. The van der Waals surface area contributed by atoms with Crippen LogP contribution in [0, 0.1) is 0 Å². The number of fused-ring (bicyclic) bond motifs is 2. The highest BCUT2D eigenvalue weighted by atomic mass is 15.0. The van der Waals surface area contributed by atoms with E-state index in [9.17, 15) is 0 Å². The molecule has 0 amide bonds. The molecule has 0 spiro atoms. The van der Waals surface area contributed by atoms with Gasteiger partial charge in [0.05, 0.1) is 0 Å². The molecular weight excluding hydrogens is 296 g/mol. The average Bonchev–Trinajstić information content (AvgIpc) is 2.59. The maximum Gasteiger partial charge on any atom is 0.185 e. The maximum absolute atomic E-state index is 5.33. The Labute approximate surface area is 142 Å². The molecule has 5 N–H and O–H groups in total. The van der Waals surface area contributed by atoms with Gasteiger partial charge in [0.2, 0.25) is 0 Å². The van der Waals surface area contributed by atoms with Crippen molar-refractivity contribution in [3.05, 3.63) is 60.2 Å². The Balaban J connectivity index is 1.72. The topological polar surface area (TPSA) is 76.4 Å². The number of unbranched alkanes of at least 4 members (excludes halogenated alkanes) is 1. The van der Waals surface area contributed by atoms with Gasteiger partial charge in [0.15, 0.2) is 5.96 Å². The number of benzene rings is 3. The van der Waals surface area contributed by atoms with E-state index in [1.54, 1.807) is 0 Å². The Kier molecular flexibility index (Phi) is 5.29. The molecule has 0 radical (unpaired) electrons. The van der Waals surface area contributed by atoms with Crippen molar-refractivity contribution >= 4 is 27.5 Å². The summed E-state index contributed by atoms with van der Waals surface area (Å²) in [7, 11) is 0. The van der Waals surface area contributed by atoms with Crippen molar-refractivity contribution in [1.82, 2.24) is 5.32 Å². The highest BCUT2D eigenvalue weighted by Crippen LogP contribution is 2.28. The lowest BCUT2D eigenvalue weighted by Gasteiger charge is -2.12. The summed E-state index contributed by atoms with van der Waals surface area (Å²) in [5.74, 6) is 0.171. The smallest absolute Gasteiger partial charge is 0.185 e. The first-order chi connectivity index (χ1) is 11.8. The summed E-state index contributed by atoms with van der Waals surface area (Å²) in [6, 6.07) is 19.4. The predicted octanol–water partition coefficient (Wildman–Crippen LogP) is 3.14. The van der Waals surface area contributed by atoms with Crippen molar-refractivity contribution in [2.75, 3.05) is 13.1 Å². The number of rotatable bonds is 7. The van der Waals surface area contributed by atoms with Crippen LogP contribution >= 0.6 is 0 Å². The van der Waals surface area contributed by atoms with E-state index < -0.39 is 0 Å². The van der Waals surface area contributed by atoms with Crippen molar-refractivity contribution in [2.45, 2.75) is 19.4 Å². The SMILES string of the molecule is NC(N)=NCCCCNCc1c2ccccc2cc2ccccc12. The van der Waals surface area contributed by atoms with Gasteiger partial charge in [-0.15, -0.1) is 0 Å². The number of nitrogens with one attached hydrogen (secondary N) is 1. The van der Waals surface area contributed by atoms with Crippen LogP contribution in [-0.2, 0) is 6.54 Å². The van der Waals surface area contributed by atoms with E-state index >= 15 is 0 Å². The van der Waals surface area contributed by atoms with Crippen LogP contribution in [0.1, 0.15) is 18.4 Å². The van der Waals surface area contributed by atoms with Gasteiger partial charge in [-0.2, -0.15) is 0 Å². The minimum Gasteiger partial charge on any atom is -0.370 e. The van der Waals surface area contributed by atoms with Crippen molar-refractivity contribution in [2.24, 2.45) is 16.5 Å². The van der Waals surface area contributed by atoms with Gasteiger partial charge in [0.1, 0.15) is 0 Å². The molecule has 3 rings (SSSR count). The zero-order valence-electron chi connectivity index (χ0n) is 13.8. The highest BCUT2D eigenvalue weighted by molar-refractivity contribution is 6.02. The number of nitrogens with two attached hydrogens (primary N) is 2. The first-order valence-corrected chi connectivity index (χ1v) is 8.41. The summed E-state index contributed by atoms with van der Waals surface area (Å²) < 4.78 is 0. The van der Waals surface area contributed by atoms with Gasteiger partial charge < -0.3 is 16.8 Å². The molecule has 0 aliphatic rings. The van der Waals surface area contributed by atoms with Crippen LogP contribution in [0.4, 0.5) is 0 Å². The van der Waals surface area contributed by atoms with Crippen molar-refractivity contribution in [3.8, 4) is 0 Å². The van der Waals surface area contributed by atoms with Crippen molar-refractivity contribution in [1.29, 1.82) is 0 Å². The van der Waals surface area contributed by atoms with Gasteiger partial charge in [0.25, 0.3) is 0 Å². The van der Waals surface area contributed by atoms with Crippen LogP contribution in [0.5, 0.6) is 0 Å². The van der Waals surface area contributed by atoms with E-state index in [0.29, 0.717) is 6.54 Å². The van der Waals surface area contributed by atoms with Gasteiger partial charge in [0, 0.05) is 13.1 Å². The molecule has 3 aromatic carbocycles. The summed E-state index contributed by atoms with van der Waals surface area (Å²) in [6.45, 7) is 2.52. The third-order valence-corrected chi connectivity index (χ3v) is 4.24. The second-order valence-electron chi connectivity index (χ2n) is 5.99. The lowest BCUT2D eigenvalue weighted by Crippen LogP contribution is -2.23. The summed E-state index contributed by atoms with van der Waals surface area (Å²) >= 11 is 0. The Morgan fingerprint density at radius 2 is 1.50 bits per heavy atom. The van der Waals surface area contributed by atoms with E-state index in [1.807, 2.05) is 0 Å². The van der Waals surface area contributed by atoms with Crippen LogP contribution in [0.15, 0.2) is 59.6 Å². The third-order valence-electron chi connectivity index (χ3n) is 4.24. The zero-order valence-corrected chi connectivity index (χ0v) is 13.8. The summed E-state index contributed by atoms with van der Waals surface area (Å²) in [5.41, 5.74) is 12.0. The third kappa shape index (κ3) is 3.84. The zero-order chi connectivity index (χ0) is 16.8. The van der Waals surface area contributed by atoms with E-state index in [-0.39, 0.29) is 5.96 Å². The molecule has 0 heterocycles. The second kappa shape index (κ2) is 7.79. The molecule has 0 saturated carbocycles. The predicted molar refractivity (Wildman–Crippen MR) is 103 cm³/mol. The minimum atomic E-state index is 0.171. The fraction of sp³-hybridized carbons (Fsp3) is 0.250. The second-order valence-corrected chi connectivity index (χ2v) is 5.99. The van der Waals surface area contributed by atoms with E-state index in [4.69, 9.17) is 11.5 Å². The van der Waals surface area contributed by atoms with Crippen LogP contribution in [0.3, 0.4) is 0 Å². The molecular formula is C20H24N4. The number of hydrogen-bond acceptors (Lipinski definition) is 2. The molecule has 0 unspecified atom stereocenters. The molecule has 0 aromatic heterocycles. The quantitative estimate of drug-likeness (QED) is 0.271. The Morgan fingerprint density at radius 1 is 0.875 bits per heavy atom. The van der Waals surface area contributed by atoms with E-state index in [2.05, 4.69) is 64.9 Å². The molecule has 3 aromatic rings. The van der Waals surface area contributed by atoms with Crippen molar-refractivity contribution < 1.29 is 0 Å². The number of guanidine groups is 1. The van der Waals surface area contributed by atoms with Crippen LogP contribution < -0.4 is 16.8 Å². The standard InChI is InChI=1S/C20H24N4/c21-20(22)24-12-6-5-11-23-14-19-17-9-3-1-7-15(17)13-16-8-2-4-10-18(16)19/h1-4,7-10,13,23H,5-6,11-12,14H2,(H4,21,22,24). The lowest BCUT2D eigenvalue weighted by molar-refractivity contribution is 0.631. The van der Waals surface area contributed by atoms with Crippen LogP contribution in [0.2, 0.25) is 0 Å². The normalized spacial score (nSPS) is 11.0. The van der Waals surface area contributed by atoms with Gasteiger partial charge in [-0.3, -0.25) is 4.99 Å². The lowest BCUT2D eigenvalue weighted by atomic mass is 9.97. The number of nitrogens with zero attached hydrogens (tertiary/aromatic N) is 1. The fourth-order valence-corrected chi connectivity index (χ4v) is 3.08. The Hall–Kier alpha value is -2.59. The van der Waals surface area contributed by atoms with Gasteiger partial charge in [-0.05, 0) is 52.6 Å². The summed E-state index contributed by atoms with van der Waals surface area (Å²) in [4.78, 5) is 4.01. The molecule has 0 aliphatic carbocycles. The largest absolute Gasteiger partial charge is 0.370 e. The Bertz CT molecular complexity index is 797. The molecule has 0 fully saturated rings. The molecule has 124 valence electrons. The monoisotopic (exact) mass is 320 g/mol. The van der Waals surface area contributed by atoms with E-state index in [0.717, 1.165) is 25.9 Å². The van der Waals surface area contributed by atoms with Gasteiger partial charge in [-0.1, -0.05) is 48.5 Å². The van der Waals surface area contributed by atoms with Crippen LogP contribution in [-0.4, -0.2) is 19.0 Å². The molecule has 0 atom stereocenters. The van der Waals surface area contributed by atoms with Gasteiger partial charge in [-0.25, -0.2) is 0 Å². The average molecular weight is 320 g/mol. The maximum atomic E-state index is 5.33. The molecule has 0 bridgehead atoms. The van der Waals surface area contributed by atoms with Crippen molar-refractivity contribution in [3.63, 3.8) is 0 Å². The minimum absolute atomic E-state index is 0.171. The Morgan fingerprint density at radius 3 is 2.12 bits per heavy atom. The summed E-state index contributed by atoms with van der Waals surface area (Å²) in [6.07, 6.45) is 2.04.